The predicted octanol–water partition coefficient (Wildman–Crippen LogP) is 3.17. The number of benzene rings is 1. The third-order valence-electron chi connectivity index (χ3n) is 5.12. The van der Waals surface area contributed by atoms with Crippen LogP contribution in [0.25, 0.3) is 22.4 Å². The van der Waals surface area contributed by atoms with E-state index in [1.807, 2.05) is 18.2 Å². The number of fused-ring (bicyclic) bond motifs is 1. The number of nitrogens with zero attached hydrogens (tertiary/aromatic N) is 3. The number of hydrogen-bond donors (Lipinski definition) is 2. The van der Waals surface area contributed by atoms with Crippen molar-refractivity contribution in [2.75, 3.05) is 6.54 Å². The lowest BCUT2D eigenvalue weighted by Crippen LogP contribution is -2.25. The van der Waals surface area contributed by atoms with E-state index in [-0.39, 0.29) is 10.8 Å². The Morgan fingerprint density at radius 3 is 2.56 bits per heavy atom. The fourth-order valence-electron chi connectivity index (χ4n) is 3.24. The molecule has 0 spiro atoms. The number of H-pyrrole nitrogens is 1. The lowest BCUT2D eigenvalue weighted by molar-refractivity contribution is 0.0955. The third-order valence-corrected chi connectivity index (χ3v) is 7.29. The van der Waals surface area contributed by atoms with E-state index in [1.165, 1.54) is 0 Å². The largest absolute Gasteiger partial charge is 0.352 e. The van der Waals surface area contributed by atoms with Gasteiger partial charge in [0.2, 0.25) is 0 Å². The van der Waals surface area contributed by atoms with Gasteiger partial charge in [-0.3, -0.25) is 9.78 Å². The van der Waals surface area contributed by atoms with Gasteiger partial charge in [-0.25, -0.2) is 18.4 Å². The van der Waals surface area contributed by atoms with Crippen molar-refractivity contribution in [3.8, 4) is 11.3 Å². The van der Waals surface area contributed by atoms with E-state index in [2.05, 4.69) is 25.3 Å². The van der Waals surface area contributed by atoms with Gasteiger partial charge in [-0.2, -0.15) is 0 Å². The predicted molar refractivity (Wildman–Crippen MR) is 122 cm³/mol. The topological polar surface area (TPSA) is 118 Å². The van der Waals surface area contributed by atoms with E-state index >= 15 is 0 Å². The Bertz CT molecular complexity index is 1350. The van der Waals surface area contributed by atoms with E-state index in [0.717, 1.165) is 5.69 Å². The van der Waals surface area contributed by atoms with E-state index < -0.39 is 15.1 Å². The van der Waals surface area contributed by atoms with Gasteiger partial charge in [-0.15, -0.1) is 0 Å². The standard InChI is InChI=1S/C23H23N5O3S/c1-15(2)32(30,31)18-8-6-16(7-9-18)20-14-27-22-21(28-20)19(13-26-22)23(29)25-12-10-17-5-3-4-11-24-17/h3-9,11,13-15H,10,12H2,1-2H3,(H,25,29)(H,26,27). The summed E-state index contributed by atoms with van der Waals surface area (Å²) >= 11 is 0. The van der Waals surface area contributed by atoms with Crippen molar-refractivity contribution in [2.45, 2.75) is 30.4 Å². The van der Waals surface area contributed by atoms with Crippen molar-refractivity contribution in [3.05, 3.63) is 72.3 Å². The summed E-state index contributed by atoms with van der Waals surface area (Å²) in [5.74, 6) is -0.253. The zero-order valence-corrected chi connectivity index (χ0v) is 18.6. The molecule has 2 N–H and O–H groups in total. The molecule has 4 rings (SSSR count). The molecule has 0 atom stereocenters. The molecule has 0 saturated heterocycles. The Kier molecular flexibility index (Phi) is 6.00. The number of carbonyl (C=O) groups excluding carboxylic acids is 1. The minimum atomic E-state index is -3.35. The molecule has 4 aromatic rings. The van der Waals surface area contributed by atoms with Crippen molar-refractivity contribution in [3.63, 3.8) is 0 Å². The number of sulfone groups is 1. The summed E-state index contributed by atoms with van der Waals surface area (Å²) in [6, 6.07) is 12.2. The molecule has 0 unspecified atom stereocenters. The van der Waals surface area contributed by atoms with Gasteiger partial charge in [-0.1, -0.05) is 18.2 Å². The lowest BCUT2D eigenvalue weighted by Gasteiger charge is -2.08. The van der Waals surface area contributed by atoms with Gasteiger partial charge in [0, 0.05) is 36.6 Å². The minimum Gasteiger partial charge on any atom is -0.352 e. The normalized spacial score (nSPS) is 11.7. The van der Waals surface area contributed by atoms with Crippen LogP contribution in [0.15, 0.2) is 66.0 Å². The molecule has 8 nitrogen and oxygen atoms in total. The van der Waals surface area contributed by atoms with Gasteiger partial charge < -0.3 is 10.3 Å². The smallest absolute Gasteiger partial charge is 0.255 e. The van der Waals surface area contributed by atoms with Crippen LogP contribution in [0, 0.1) is 0 Å². The van der Waals surface area contributed by atoms with Crippen LogP contribution in [-0.2, 0) is 16.3 Å². The highest BCUT2D eigenvalue weighted by Crippen LogP contribution is 2.24. The van der Waals surface area contributed by atoms with Crippen LogP contribution in [0.5, 0.6) is 0 Å². The Balaban J connectivity index is 1.54. The Morgan fingerprint density at radius 2 is 1.88 bits per heavy atom. The molecule has 0 bridgehead atoms. The lowest BCUT2D eigenvalue weighted by atomic mass is 10.1. The number of aromatic amines is 1. The number of nitrogens with one attached hydrogen (secondary N) is 2. The molecule has 0 aliphatic rings. The SMILES string of the molecule is CC(C)S(=O)(=O)c1ccc(-c2cnc3[nH]cc(C(=O)NCCc4ccccn4)c3n2)cc1. The molecule has 3 heterocycles. The summed E-state index contributed by atoms with van der Waals surface area (Å²) in [7, 11) is -3.35. The number of rotatable bonds is 7. The summed E-state index contributed by atoms with van der Waals surface area (Å²) < 4.78 is 24.7. The molecule has 0 aliphatic heterocycles. The second-order valence-corrected chi connectivity index (χ2v) is 10.1. The third kappa shape index (κ3) is 4.38. The molecule has 3 aromatic heterocycles. The van der Waals surface area contributed by atoms with Crippen molar-refractivity contribution in [1.82, 2.24) is 25.3 Å². The van der Waals surface area contributed by atoms with Gasteiger partial charge in [0.05, 0.1) is 27.6 Å². The second kappa shape index (κ2) is 8.88. The van der Waals surface area contributed by atoms with E-state index in [9.17, 15) is 13.2 Å². The summed E-state index contributed by atoms with van der Waals surface area (Å²) in [6.45, 7) is 3.75. The highest BCUT2D eigenvalue weighted by atomic mass is 32.2. The van der Waals surface area contributed by atoms with Gasteiger partial charge in [0.1, 0.15) is 5.52 Å². The van der Waals surface area contributed by atoms with Crippen LogP contribution in [0.4, 0.5) is 0 Å². The van der Waals surface area contributed by atoms with E-state index in [0.29, 0.717) is 41.0 Å². The van der Waals surface area contributed by atoms with Crippen LogP contribution in [-0.4, -0.2) is 46.1 Å². The van der Waals surface area contributed by atoms with Crippen LogP contribution >= 0.6 is 0 Å². The molecule has 0 fully saturated rings. The van der Waals surface area contributed by atoms with Crippen LogP contribution in [0.2, 0.25) is 0 Å². The van der Waals surface area contributed by atoms with Crippen molar-refractivity contribution < 1.29 is 13.2 Å². The Morgan fingerprint density at radius 1 is 1.09 bits per heavy atom. The maximum Gasteiger partial charge on any atom is 0.255 e. The van der Waals surface area contributed by atoms with Crippen molar-refractivity contribution in [2.24, 2.45) is 0 Å². The number of hydrogen-bond acceptors (Lipinski definition) is 6. The number of aromatic nitrogens is 4. The zero-order valence-electron chi connectivity index (χ0n) is 17.7. The Hall–Kier alpha value is -3.59. The van der Waals surface area contributed by atoms with Gasteiger partial charge in [-0.05, 0) is 38.1 Å². The van der Waals surface area contributed by atoms with Gasteiger partial charge in [0.25, 0.3) is 5.91 Å². The zero-order chi connectivity index (χ0) is 22.7. The molecular weight excluding hydrogens is 426 g/mol. The summed E-state index contributed by atoms with van der Waals surface area (Å²) in [5.41, 5.74) is 3.52. The second-order valence-electron chi connectivity index (χ2n) is 7.60. The first-order valence-electron chi connectivity index (χ1n) is 10.2. The van der Waals surface area contributed by atoms with E-state index in [4.69, 9.17) is 0 Å². The van der Waals surface area contributed by atoms with Crippen molar-refractivity contribution >= 4 is 26.9 Å². The maximum atomic E-state index is 12.7. The molecule has 0 saturated carbocycles. The summed E-state index contributed by atoms with van der Waals surface area (Å²) in [6.07, 6.45) is 5.52. The first kappa shape index (κ1) is 21.6. The molecule has 9 heteroatoms. The van der Waals surface area contributed by atoms with Crippen molar-refractivity contribution in [1.29, 1.82) is 0 Å². The molecule has 1 aromatic carbocycles. The average molecular weight is 450 g/mol. The van der Waals surface area contributed by atoms with Gasteiger partial charge >= 0.3 is 0 Å². The average Bonchev–Trinajstić information content (AvgIpc) is 3.23. The molecule has 0 aliphatic carbocycles. The van der Waals surface area contributed by atoms with E-state index in [1.54, 1.807) is 56.7 Å². The quantitative estimate of drug-likeness (QED) is 0.447. The minimum absolute atomic E-state index is 0.253. The summed E-state index contributed by atoms with van der Waals surface area (Å²) in [4.78, 5) is 29.1. The molecule has 32 heavy (non-hydrogen) atoms. The fraction of sp³-hybridized carbons (Fsp3) is 0.217. The monoisotopic (exact) mass is 449 g/mol. The Labute approximate surface area is 186 Å². The van der Waals surface area contributed by atoms with Crippen LogP contribution < -0.4 is 5.32 Å². The van der Waals surface area contributed by atoms with Crippen LogP contribution in [0.1, 0.15) is 29.9 Å². The number of pyridine rings is 1. The summed E-state index contributed by atoms with van der Waals surface area (Å²) in [5, 5.41) is 2.39. The molecule has 164 valence electrons. The first-order chi connectivity index (χ1) is 15.4. The number of carbonyl (C=O) groups is 1. The molecule has 1 amide bonds. The van der Waals surface area contributed by atoms with Crippen LogP contribution in [0.3, 0.4) is 0 Å². The first-order valence-corrected chi connectivity index (χ1v) is 11.8. The molecule has 0 radical (unpaired) electrons. The van der Waals surface area contributed by atoms with Gasteiger partial charge in [0.15, 0.2) is 15.5 Å². The fourth-order valence-corrected chi connectivity index (χ4v) is 4.30. The maximum absolute atomic E-state index is 12.7. The highest BCUT2D eigenvalue weighted by Gasteiger charge is 2.19. The number of amides is 1. The highest BCUT2D eigenvalue weighted by molar-refractivity contribution is 7.92. The molecular formula is C23H23N5O3S.